The van der Waals surface area contributed by atoms with Crippen LogP contribution in [-0.2, 0) is 9.53 Å². The fourth-order valence-electron chi connectivity index (χ4n) is 1.09. The summed E-state index contributed by atoms with van der Waals surface area (Å²) < 4.78 is 4.44. The Bertz CT molecular complexity index is 213. The molecule has 6 nitrogen and oxygen atoms in total. The molecule has 0 radical (unpaired) electrons. The fraction of sp³-hybridized carbons (Fsp3) is 0.714. The normalized spacial score (nSPS) is 16.5. The van der Waals surface area contributed by atoms with Gasteiger partial charge in [-0.2, -0.15) is 0 Å². The highest BCUT2D eigenvalue weighted by atomic mass is 16.5. The van der Waals surface area contributed by atoms with Crippen LogP contribution in [0.25, 0.3) is 0 Å². The zero-order valence-corrected chi connectivity index (χ0v) is 7.45. The average molecular weight is 187 g/mol. The second-order valence-electron chi connectivity index (χ2n) is 2.90. The van der Waals surface area contributed by atoms with Crippen molar-refractivity contribution in [3.63, 3.8) is 0 Å². The molecule has 0 aromatic carbocycles. The number of likely N-dealkylation sites (tertiary alicyclic amines) is 1. The lowest BCUT2D eigenvalue weighted by Gasteiger charge is -2.38. The first-order valence-electron chi connectivity index (χ1n) is 3.98. The van der Waals surface area contributed by atoms with Crippen LogP contribution in [0, 0.1) is 0 Å². The highest BCUT2D eigenvalue weighted by molar-refractivity contribution is 5.73. The monoisotopic (exact) mass is 187 g/mol. The summed E-state index contributed by atoms with van der Waals surface area (Å²) in [5.74, 6) is -0.308. The Morgan fingerprint density at radius 1 is 1.62 bits per heavy atom. The minimum atomic E-state index is -0.420. The number of carbonyl (C=O) groups is 2. The van der Waals surface area contributed by atoms with Crippen LogP contribution in [0.1, 0.15) is 0 Å². The third-order valence-corrected chi connectivity index (χ3v) is 1.96. The number of hydrogen-bond acceptors (Lipinski definition) is 4. The van der Waals surface area contributed by atoms with Crippen LogP contribution in [0.4, 0.5) is 4.79 Å². The number of nitrogens with two attached hydrogens (primary N) is 1. The van der Waals surface area contributed by atoms with E-state index in [1.807, 2.05) is 0 Å². The Morgan fingerprint density at radius 3 is 2.69 bits per heavy atom. The third-order valence-electron chi connectivity index (χ3n) is 1.96. The number of rotatable bonds is 3. The quantitative estimate of drug-likeness (QED) is 0.527. The van der Waals surface area contributed by atoms with Crippen molar-refractivity contribution >= 4 is 12.0 Å². The van der Waals surface area contributed by atoms with Gasteiger partial charge in [0.05, 0.1) is 13.7 Å². The number of nitrogens with one attached hydrogen (secondary N) is 1. The molecular weight excluding hydrogens is 174 g/mol. The van der Waals surface area contributed by atoms with Gasteiger partial charge in [0.15, 0.2) is 0 Å². The molecule has 74 valence electrons. The van der Waals surface area contributed by atoms with E-state index in [0.29, 0.717) is 13.1 Å². The van der Waals surface area contributed by atoms with Gasteiger partial charge in [-0.05, 0) is 0 Å². The number of urea groups is 1. The Morgan fingerprint density at radius 2 is 2.23 bits per heavy atom. The second kappa shape index (κ2) is 4.08. The lowest BCUT2D eigenvalue weighted by molar-refractivity contribution is -0.139. The van der Waals surface area contributed by atoms with Crippen molar-refractivity contribution in [1.29, 1.82) is 0 Å². The van der Waals surface area contributed by atoms with E-state index in [-0.39, 0.29) is 18.6 Å². The summed E-state index contributed by atoms with van der Waals surface area (Å²) in [5.41, 5.74) is 5.01. The zero-order chi connectivity index (χ0) is 9.84. The topological polar surface area (TPSA) is 84.7 Å². The number of nitrogens with zero attached hydrogens (tertiary/aromatic N) is 1. The minimum Gasteiger partial charge on any atom is -0.468 e. The smallest absolute Gasteiger partial charge is 0.319 e. The maximum absolute atomic E-state index is 10.7. The standard InChI is InChI=1S/C7H13N3O3/c1-13-6(11)2-9-5-3-10(4-5)7(8)12/h5,9H,2-4H2,1H3,(H2,8,12). The summed E-state index contributed by atoms with van der Waals surface area (Å²) in [4.78, 5) is 22.7. The van der Waals surface area contributed by atoms with Gasteiger partial charge in [0.1, 0.15) is 0 Å². The molecule has 0 aromatic rings. The predicted octanol–water partition coefficient (Wildman–Crippen LogP) is -1.49. The van der Waals surface area contributed by atoms with Crippen molar-refractivity contribution in [3.05, 3.63) is 0 Å². The van der Waals surface area contributed by atoms with E-state index in [1.165, 1.54) is 12.0 Å². The molecule has 13 heavy (non-hydrogen) atoms. The van der Waals surface area contributed by atoms with E-state index in [4.69, 9.17) is 5.73 Å². The number of hydrogen-bond donors (Lipinski definition) is 2. The van der Waals surface area contributed by atoms with Gasteiger partial charge in [-0.1, -0.05) is 0 Å². The average Bonchev–Trinajstić information content (AvgIpc) is 2.00. The van der Waals surface area contributed by atoms with E-state index in [0.717, 1.165) is 0 Å². The summed E-state index contributed by atoms with van der Waals surface area (Å²) in [6, 6.07) is -0.261. The molecule has 0 spiro atoms. The molecule has 1 fully saturated rings. The van der Waals surface area contributed by atoms with E-state index >= 15 is 0 Å². The Hall–Kier alpha value is -1.30. The molecule has 1 heterocycles. The molecular formula is C7H13N3O3. The first kappa shape index (κ1) is 9.79. The molecule has 0 unspecified atom stereocenters. The van der Waals surface area contributed by atoms with E-state index < -0.39 is 6.03 Å². The molecule has 0 atom stereocenters. The van der Waals surface area contributed by atoms with Crippen molar-refractivity contribution in [2.45, 2.75) is 6.04 Å². The Labute approximate surface area is 76.0 Å². The number of primary amides is 1. The second-order valence-corrected chi connectivity index (χ2v) is 2.90. The van der Waals surface area contributed by atoms with Crippen LogP contribution in [0.2, 0.25) is 0 Å². The summed E-state index contributed by atoms with van der Waals surface area (Å²) in [7, 11) is 1.33. The molecule has 3 N–H and O–H groups in total. The van der Waals surface area contributed by atoms with Crippen molar-refractivity contribution in [3.8, 4) is 0 Å². The van der Waals surface area contributed by atoms with Crippen molar-refractivity contribution in [1.82, 2.24) is 10.2 Å². The minimum absolute atomic E-state index is 0.159. The number of ether oxygens (including phenoxy) is 1. The van der Waals surface area contributed by atoms with Crippen molar-refractivity contribution < 1.29 is 14.3 Å². The third kappa shape index (κ3) is 2.59. The van der Waals surface area contributed by atoms with E-state index in [9.17, 15) is 9.59 Å². The largest absolute Gasteiger partial charge is 0.468 e. The predicted molar refractivity (Wildman–Crippen MR) is 45.0 cm³/mol. The number of carbonyl (C=O) groups excluding carboxylic acids is 2. The Balaban J connectivity index is 2.08. The number of esters is 1. The van der Waals surface area contributed by atoms with Crippen LogP contribution in [0.3, 0.4) is 0 Å². The summed E-state index contributed by atoms with van der Waals surface area (Å²) in [5, 5.41) is 2.93. The molecule has 1 rings (SSSR count). The SMILES string of the molecule is COC(=O)CNC1CN(C(N)=O)C1. The van der Waals surface area contributed by atoms with Crippen LogP contribution in [-0.4, -0.2) is 49.7 Å². The fourth-order valence-corrected chi connectivity index (χ4v) is 1.09. The van der Waals surface area contributed by atoms with Gasteiger partial charge in [0.25, 0.3) is 0 Å². The van der Waals surface area contributed by atoms with Gasteiger partial charge in [-0.3, -0.25) is 4.79 Å². The summed E-state index contributed by atoms with van der Waals surface area (Å²) in [6.07, 6.45) is 0. The highest BCUT2D eigenvalue weighted by Crippen LogP contribution is 2.05. The first-order chi connectivity index (χ1) is 6.13. The van der Waals surface area contributed by atoms with Gasteiger partial charge in [0, 0.05) is 19.1 Å². The van der Waals surface area contributed by atoms with Gasteiger partial charge in [0.2, 0.25) is 0 Å². The van der Waals surface area contributed by atoms with E-state index in [1.54, 1.807) is 0 Å². The van der Waals surface area contributed by atoms with Gasteiger partial charge in [-0.25, -0.2) is 4.79 Å². The molecule has 0 saturated carbocycles. The molecule has 1 aliphatic heterocycles. The number of amides is 2. The van der Waals surface area contributed by atoms with Gasteiger partial charge >= 0.3 is 12.0 Å². The van der Waals surface area contributed by atoms with Crippen LogP contribution in [0.15, 0.2) is 0 Å². The van der Waals surface area contributed by atoms with Gasteiger partial charge in [-0.15, -0.1) is 0 Å². The lowest BCUT2D eigenvalue weighted by atomic mass is 10.1. The van der Waals surface area contributed by atoms with Crippen molar-refractivity contribution in [2.24, 2.45) is 5.73 Å². The Kier molecular flexibility index (Phi) is 3.07. The zero-order valence-electron chi connectivity index (χ0n) is 7.45. The number of methoxy groups -OCH3 is 1. The molecule has 0 aromatic heterocycles. The molecule has 6 heteroatoms. The first-order valence-corrected chi connectivity index (χ1v) is 3.98. The van der Waals surface area contributed by atoms with E-state index in [2.05, 4.69) is 10.1 Å². The maximum atomic E-state index is 10.7. The lowest BCUT2D eigenvalue weighted by Crippen LogP contribution is -2.61. The highest BCUT2D eigenvalue weighted by Gasteiger charge is 2.28. The summed E-state index contributed by atoms with van der Waals surface area (Å²) in [6.45, 7) is 1.30. The van der Waals surface area contributed by atoms with Crippen LogP contribution >= 0.6 is 0 Å². The maximum Gasteiger partial charge on any atom is 0.319 e. The molecule has 0 aliphatic carbocycles. The summed E-state index contributed by atoms with van der Waals surface area (Å²) >= 11 is 0. The molecule has 1 aliphatic rings. The van der Waals surface area contributed by atoms with Crippen molar-refractivity contribution in [2.75, 3.05) is 26.7 Å². The molecule has 0 bridgehead atoms. The van der Waals surface area contributed by atoms with Crippen LogP contribution < -0.4 is 11.1 Å². The molecule has 2 amide bonds. The van der Waals surface area contributed by atoms with Gasteiger partial charge < -0.3 is 20.7 Å². The molecule has 1 saturated heterocycles. The van der Waals surface area contributed by atoms with Crippen LogP contribution in [0.5, 0.6) is 0 Å².